The fraction of sp³-hybridized carbons (Fsp3) is 0.176. The molecule has 0 bridgehead atoms. The van der Waals surface area contributed by atoms with Crippen LogP contribution < -0.4 is 0 Å². The second-order valence-corrected chi connectivity index (χ2v) is 4.73. The average molecular weight is 280 g/mol. The molecule has 4 nitrogen and oxygen atoms in total. The Balaban J connectivity index is 2.03. The predicted molar refractivity (Wildman–Crippen MR) is 78.8 cm³/mol. The van der Waals surface area contributed by atoms with E-state index < -0.39 is 0 Å². The van der Waals surface area contributed by atoms with Crippen molar-refractivity contribution >= 4 is 0 Å². The molecule has 106 valence electrons. The minimum atomic E-state index is -0.0400. The van der Waals surface area contributed by atoms with Crippen LogP contribution in [0.4, 0.5) is 0 Å². The normalized spacial score (nSPS) is 11.0. The first kappa shape index (κ1) is 13.5. The summed E-state index contributed by atoms with van der Waals surface area (Å²) in [5.74, 6) is 1.10. The molecule has 0 fully saturated rings. The second-order valence-electron chi connectivity index (χ2n) is 4.73. The van der Waals surface area contributed by atoms with E-state index in [9.17, 15) is 0 Å². The number of hydrogen-bond donors (Lipinski definition) is 0. The van der Waals surface area contributed by atoms with Crippen LogP contribution in [0.25, 0.3) is 0 Å². The lowest BCUT2D eigenvalue weighted by Gasteiger charge is -2.14. The van der Waals surface area contributed by atoms with Gasteiger partial charge in [0, 0.05) is 7.11 Å². The maximum atomic E-state index is 5.24. The van der Waals surface area contributed by atoms with Crippen LogP contribution in [0, 0.1) is 0 Å². The van der Waals surface area contributed by atoms with Gasteiger partial charge in [-0.2, -0.15) is 4.98 Å². The summed E-state index contributed by atoms with van der Waals surface area (Å²) in [5.41, 5.74) is 2.27. The summed E-state index contributed by atoms with van der Waals surface area (Å²) in [6.07, 6.45) is 0. The number of rotatable bonds is 5. The zero-order valence-corrected chi connectivity index (χ0v) is 11.8. The monoisotopic (exact) mass is 280 g/mol. The molecule has 2 aromatic carbocycles. The molecule has 3 aromatic rings. The van der Waals surface area contributed by atoms with E-state index >= 15 is 0 Å². The van der Waals surface area contributed by atoms with E-state index in [1.54, 1.807) is 7.11 Å². The van der Waals surface area contributed by atoms with Crippen molar-refractivity contribution in [3.63, 3.8) is 0 Å². The number of aromatic nitrogens is 2. The van der Waals surface area contributed by atoms with Crippen LogP contribution in [-0.2, 0) is 11.3 Å². The Morgan fingerprint density at radius 2 is 1.52 bits per heavy atom. The van der Waals surface area contributed by atoms with Gasteiger partial charge in [0.15, 0.2) is 5.82 Å². The van der Waals surface area contributed by atoms with Crippen molar-refractivity contribution in [1.29, 1.82) is 0 Å². The maximum Gasteiger partial charge on any atom is 0.252 e. The largest absolute Gasteiger partial charge is 0.375 e. The summed E-state index contributed by atoms with van der Waals surface area (Å²) >= 11 is 0. The first-order chi connectivity index (χ1) is 10.4. The fourth-order valence-electron chi connectivity index (χ4n) is 2.35. The first-order valence-corrected chi connectivity index (χ1v) is 6.80. The van der Waals surface area contributed by atoms with E-state index in [4.69, 9.17) is 9.26 Å². The molecule has 0 aliphatic rings. The summed E-state index contributed by atoms with van der Waals surface area (Å²) in [4.78, 5) is 4.45. The van der Waals surface area contributed by atoms with Crippen LogP contribution in [-0.4, -0.2) is 17.3 Å². The van der Waals surface area contributed by atoms with E-state index in [0.29, 0.717) is 18.3 Å². The zero-order valence-electron chi connectivity index (χ0n) is 11.8. The van der Waals surface area contributed by atoms with Gasteiger partial charge < -0.3 is 9.26 Å². The summed E-state index contributed by atoms with van der Waals surface area (Å²) in [6, 6.07) is 20.4. The Morgan fingerprint density at radius 1 is 0.952 bits per heavy atom. The van der Waals surface area contributed by atoms with E-state index in [2.05, 4.69) is 34.4 Å². The Labute approximate surface area is 123 Å². The molecular weight excluding hydrogens is 264 g/mol. The zero-order chi connectivity index (χ0) is 14.5. The van der Waals surface area contributed by atoms with Gasteiger partial charge in [0.05, 0.1) is 5.92 Å². The van der Waals surface area contributed by atoms with Crippen LogP contribution in [0.15, 0.2) is 65.2 Å². The molecule has 4 heteroatoms. The van der Waals surface area contributed by atoms with Crippen LogP contribution >= 0.6 is 0 Å². The summed E-state index contributed by atoms with van der Waals surface area (Å²) in [6.45, 7) is 0.323. The van der Waals surface area contributed by atoms with Crippen molar-refractivity contribution in [1.82, 2.24) is 10.1 Å². The van der Waals surface area contributed by atoms with Crippen molar-refractivity contribution in [2.45, 2.75) is 12.5 Å². The highest BCUT2D eigenvalue weighted by Crippen LogP contribution is 2.29. The smallest absolute Gasteiger partial charge is 0.252 e. The number of ether oxygens (including phenoxy) is 1. The number of methoxy groups -OCH3 is 1. The number of hydrogen-bond acceptors (Lipinski definition) is 4. The Kier molecular flexibility index (Phi) is 4.07. The molecule has 3 rings (SSSR count). The van der Waals surface area contributed by atoms with E-state index in [0.717, 1.165) is 11.1 Å². The molecular formula is C17H16N2O2. The molecule has 0 saturated heterocycles. The third kappa shape index (κ3) is 3.01. The van der Waals surface area contributed by atoms with Gasteiger partial charge in [-0.1, -0.05) is 65.8 Å². The Hall–Kier alpha value is -2.46. The Morgan fingerprint density at radius 3 is 2.05 bits per heavy atom. The average Bonchev–Trinajstić information content (AvgIpc) is 2.98. The quantitative estimate of drug-likeness (QED) is 0.718. The van der Waals surface area contributed by atoms with Gasteiger partial charge in [0.25, 0.3) is 5.89 Å². The van der Waals surface area contributed by atoms with Crippen molar-refractivity contribution in [2.24, 2.45) is 0 Å². The Bertz CT molecular complexity index is 641. The highest BCUT2D eigenvalue weighted by atomic mass is 16.5. The van der Waals surface area contributed by atoms with E-state index in [1.165, 1.54) is 0 Å². The third-order valence-corrected chi connectivity index (χ3v) is 3.28. The fourth-order valence-corrected chi connectivity index (χ4v) is 2.35. The predicted octanol–water partition coefficient (Wildman–Crippen LogP) is 3.40. The highest BCUT2D eigenvalue weighted by Gasteiger charge is 2.22. The number of nitrogens with zero attached hydrogens (tertiary/aromatic N) is 2. The van der Waals surface area contributed by atoms with Gasteiger partial charge in [-0.15, -0.1) is 0 Å². The molecule has 0 spiro atoms. The van der Waals surface area contributed by atoms with Gasteiger partial charge in [0.1, 0.15) is 6.61 Å². The molecule has 0 saturated carbocycles. The summed E-state index contributed by atoms with van der Waals surface area (Å²) in [7, 11) is 1.61. The van der Waals surface area contributed by atoms with Crippen LogP contribution in [0.3, 0.4) is 0 Å². The minimum absolute atomic E-state index is 0.0400. The van der Waals surface area contributed by atoms with E-state index in [1.807, 2.05) is 36.4 Å². The number of benzene rings is 2. The standard InChI is InChI=1S/C17H16N2O2/c1-20-12-15-18-17(19-21-15)16(13-8-4-2-5-9-13)14-10-6-3-7-11-14/h2-11,16H,12H2,1H3. The lowest BCUT2D eigenvalue weighted by Crippen LogP contribution is -2.05. The molecule has 1 heterocycles. The van der Waals surface area contributed by atoms with Crippen molar-refractivity contribution < 1.29 is 9.26 Å². The van der Waals surface area contributed by atoms with Crippen molar-refractivity contribution in [3.05, 3.63) is 83.5 Å². The topological polar surface area (TPSA) is 48.2 Å². The molecule has 0 amide bonds. The minimum Gasteiger partial charge on any atom is -0.375 e. The molecule has 0 N–H and O–H groups in total. The van der Waals surface area contributed by atoms with Gasteiger partial charge >= 0.3 is 0 Å². The molecule has 0 unspecified atom stereocenters. The lowest BCUT2D eigenvalue weighted by molar-refractivity contribution is 0.151. The second kappa shape index (κ2) is 6.33. The van der Waals surface area contributed by atoms with Gasteiger partial charge in [0.2, 0.25) is 0 Å². The molecule has 21 heavy (non-hydrogen) atoms. The molecule has 1 aromatic heterocycles. The molecule has 0 atom stereocenters. The van der Waals surface area contributed by atoms with Crippen molar-refractivity contribution in [3.8, 4) is 0 Å². The van der Waals surface area contributed by atoms with Crippen LogP contribution in [0.1, 0.15) is 28.8 Å². The van der Waals surface area contributed by atoms with Crippen molar-refractivity contribution in [2.75, 3.05) is 7.11 Å². The molecule has 0 radical (unpaired) electrons. The van der Waals surface area contributed by atoms with E-state index in [-0.39, 0.29) is 5.92 Å². The maximum absolute atomic E-state index is 5.24. The summed E-state index contributed by atoms with van der Waals surface area (Å²) in [5, 5.41) is 4.12. The van der Waals surface area contributed by atoms with Gasteiger partial charge in [-0.25, -0.2) is 0 Å². The van der Waals surface area contributed by atoms with Gasteiger partial charge in [-0.3, -0.25) is 0 Å². The first-order valence-electron chi connectivity index (χ1n) is 6.80. The lowest BCUT2D eigenvalue weighted by atomic mass is 9.91. The highest BCUT2D eigenvalue weighted by molar-refractivity contribution is 5.37. The van der Waals surface area contributed by atoms with Crippen LogP contribution in [0.2, 0.25) is 0 Å². The third-order valence-electron chi connectivity index (χ3n) is 3.28. The molecule has 0 aliphatic carbocycles. The molecule has 0 aliphatic heterocycles. The van der Waals surface area contributed by atoms with Crippen LogP contribution in [0.5, 0.6) is 0 Å². The van der Waals surface area contributed by atoms with Gasteiger partial charge in [-0.05, 0) is 11.1 Å². The SMILES string of the molecule is COCc1nc(C(c2ccccc2)c2ccccc2)no1. The summed E-state index contributed by atoms with van der Waals surface area (Å²) < 4.78 is 10.3.